The van der Waals surface area contributed by atoms with E-state index in [0.717, 1.165) is 11.1 Å². The summed E-state index contributed by atoms with van der Waals surface area (Å²) in [7, 11) is 0. The summed E-state index contributed by atoms with van der Waals surface area (Å²) in [4.78, 5) is 28.3. The lowest BCUT2D eigenvalue weighted by Crippen LogP contribution is -2.49. The molecule has 23 heavy (non-hydrogen) atoms. The zero-order chi connectivity index (χ0) is 17.0. The summed E-state index contributed by atoms with van der Waals surface area (Å²) in [5, 5.41) is 0. The third kappa shape index (κ3) is 3.70. The van der Waals surface area contributed by atoms with Crippen molar-refractivity contribution in [1.82, 2.24) is 9.80 Å². The minimum Gasteiger partial charge on any atom is -0.334 e. The highest BCUT2D eigenvalue weighted by atomic mass is 16.2. The van der Waals surface area contributed by atoms with Crippen molar-refractivity contribution in [3.8, 4) is 0 Å². The molecule has 0 fully saturated rings. The lowest BCUT2D eigenvalue weighted by molar-refractivity contribution is -0.142. The van der Waals surface area contributed by atoms with Gasteiger partial charge in [0.2, 0.25) is 11.8 Å². The van der Waals surface area contributed by atoms with Gasteiger partial charge in [0.1, 0.15) is 6.04 Å². The fourth-order valence-electron chi connectivity index (χ4n) is 2.74. The van der Waals surface area contributed by atoms with E-state index >= 15 is 0 Å². The van der Waals surface area contributed by atoms with Crippen molar-refractivity contribution in [3.63, 3.8) is 0 Å². The van der Waals surface area contributed by atoms with Gasteiger partial charge in [0.25, 0.3) is 0 Å². The lowest BCUT2D eigenvalue weighted by atomic mass is 10.1. The first kappa shape index (κ1) is 17.0. The van der Waals surface area contributed by atoms with Gasteiger partial charge in [-0.3, -0.25) is 9.59 Å². The Morgan fingerprint density at radius 3 is 2.70 bits per heavy atom. The van der Waals surface area contributed by atoms with Crippen LogP contribution in [-0.2, 0) is 16.1 Å². The molecule has 0 saturated carbocycles. The van der Waals surface area contributed by atoms with E-state index in [0.29, 0.717) is 13.1 Å². The van der Waals surface area contributed by atoms with Crippen molar-refractivity contribution < 1.29 is 9.59 Å². The van der Waals surface area contributed by atoms with Gasteiger partial charge in [-0.25, -0.2) is 0 Å². The standard InChI is InChI=1S/C19H24N2O2/c1-5-18(22)20-12-8-11-17(20)19(23)21(14(2)3)13-16-10-7-6-9-15(16)4/h5-11,14,17H,1,12-13H2,2-4H3/t17-/m0/s1. The van der Waals surface area contributed by atoms with Crippen LogP contribution in [0.2, 0.25) is 0 Å². The summed E-state index contributed by atoms with van der Waals surface area (Å²) in [5.74, 6) is -0.264. The van der Waals surface area contributed by atoms with Crippen molar-refractivity contribution in [2.75, 3.05) is 6.54 Å². The summed E-state index contributed by atoms with van der Waals surface area (Å²) in [5.41, 5.74) is 2.28. The Kier molecular flexibility index (Phi) is 5.37. The van der Waals surface area contributed by atoms with E-state index in [2.05, 4.69) is 6.58 Å². The molecule has 0 unspecified atom stereocenters. The number of hydrogen-bond donors (Lipinski definition) is 0. The highest BCUT2D eigenvalue weighted by Crippen LogP contribution is 2.19. The zero-order valence-corrected chi connectivity index (χ0v) is 14.0. The Hall–Kier alpha value is -2.36. The van der Waals surface area contributed by atoms with E-state index in [9.17, 15) is 9.59 Å². The van der Waals surface area contributed by atoms with E-state index in [1.54, 1.807) is 11.0 Å². The molecule has 0 aliphatic carbocycles. The van der Waals surface area contributed by atoms with Crippen LogP contribution in [0.4, 0.5) is 0 Å². The molecule has 122 valence electrons. The highest BCUT2D eigenvalue weighted by molar-refractivity contribution is 5.94. The average Bonchev–Trinajstić information content (AvgIpc) is 3.02. The molecule has 2 amide bonds. The molecule has 0 bridgehead atoms. The maximum atomic E-state index is 13.0. The third-order valence-corrected chi connectivity index (χ3v) is 4.18. The van der Waals surface area contributed by atoms with Crippen LogP contribution in [-0.4, -0.2) is 40.2 Å². The largest absolute Gasteiger partial charge is 0.334 e. The highest BCUT2D eigenvalue weighted by Gasteiger charge is 2.33. The monoisotopic (exact) mass is 312 g/mol. The molecule has 0 spiro atoms. The van der Waals surface area contributed by atoms with Crippen LogP contribution in [0, 0.1) is 6.92 Å². The minimum absolute atomic E-state index is 0.0489. The Labute approximate surface area is 138 Å². The van der Waals surface area contributed by atoms with Gasteiger partial charge in [0, 0.05) is 19.1 Å². The second-order valence-corrected chi connectivity index (χ2v) is 6.05. The van der Waals surface area contributed by atoms with E-state index in [1.807, 2.05) is 56.0 Å². The van der Waals surface area contributed by atoms with Gasteiger partial charge in [-0.2, -0.15) is 0 Å². The molecule has 0 aromatic heterocycles. The summed E-state index contributed by atoms with van der Waals surface area (Å²) in [6, 6.07) is 7.57. The number of amides is 2. The fraction of sp³-hybridized carbons (Fsp3) is 0.368. The van der Waals surface area contributed by atoms with Crippen molar-refractivity contribution in [2.45, 2.75) is 39.4 Å². The van der Waals surface area contributed by atoms with E-state index < -0.39 is 6.04 Å². The molecule has 0 saturated heterocycles. The number of aryl methyl sites for hydroxylation is 1. The van der Waals surface area contributed by atoms with E-state index in [-0.39, 0.29) is 17.9 Å². The first-order chi connectivity index (χ1) is 11.0. The second-order valence-electron chi connectivity index (χ2n) is 6.05. The van der Waals surface area contributed by atoms with Crippen molar-refractivity contribution in [1.29, 1.82) is 0 Å². The molecule has 1 atom stereocenters. The number of hydrogen-bond acceptors (Lipinski definition) is 2. The first-order valence-corrected chi connectivity index (χ1v) is 7.90. The van der Waals surface area contributed by atoms with Crippen LogP contribution in [0.25, 0.3) is 0 Å². The van der Waals surface area contributed by atoms with Gasteiger partial charge < -0.3 is 9.80 Å². The smallest absolute Gasteiger partial charge is 0.249 e. The molecule has 4 heteroatoms. The van der Waals surface area contributed by atoms with Crippen LogP contribution in [0.1, 0.15) is 25.0 Å². The molecule has 0 N–H and O–H groups in total. The van der Waals surface area contributed by atoms with Crippen molar-refractivity contribution >= 4 is 11.8 Å². The molecule has 4 nitrogen and oxygen atoms in total. The maximum absolute atomic E-state index is 13.0. The Morgan fingerprint density at radius 1 is 1.39 bits per heavy atom. The zero-order valence-electron chi connectivity index (χ0n) is 14.0. The Balaban J connectivity index is 2.22. The lowest BCUT2D eigenvalue weighted by Gasteiger charge is -2.32. The van der Waals surface area contributed by atoms with Crippen molar-refractivity contribution in [3.05, 3.63) is 60.2 Å². The maximum Gasteiger partial charge on any atom is 0.249 e. The van der Waals surface area contributed by atoms with Gasteiger partial charge in [-0.05, 0) is 38.0 Å². The Morgan fingerprint density at radius 2 is 2.09 bits per heavy atom. The van der Waals surface area contributed by atoms with E-state index in [1.165, 1.54) is 6.08 Å². The van der Waals surface area contributed by atoms with Crippen molar-refractivity contribution in [2.24, 2.45) is 0 Å². The predicted molar refractivity (Wildman–Crippen MR) is 91.7 cm³/mol. The normalized spacial score (nSPS) is 16.7. The van der Waals surface area contributed by atoms with Crippen LogP contribution < -0.4 is 0 Å². The quantitative estimate of drug-likeness (QED) is 0.619. The second kappa shape index (κ2) is 7.27. The van der Waals surface area contributed by atoms with Crippen LogP contribution in [0.3, 0.4) is 0 Å². The number of carbonyl (C=O) groups excluding carboxylic acids is 2. The molecule has 0 radical (unpaired) electrons. The number of nitrogens with zero attached hydrogens (tertiary/aromatic N) is 2. The van der Waals surface area contributed by atoms with Gasteiger partial charge in [-0.1, -0.05) is 43.0 Å². The third-order valence-electron chi connectivity index (χ3n) is 4.18. The average molecular weight is 312 g/mol. The topological polar surface area (TPSA) is 40.6 Å². The Bertz CT molecular complexity index is 634. The van der Waals surface area contributed by atoms with Crippen LogP contribution in [0.5, 0.6) is 0 Å². The molecule has 1 aliphatic rings. The molecule has 1 heterocycles. The summed E-state index contributed by atoms with van der Waals surface area (Å²) < 4.78 is 0. The number of benzene rings is 1. The first-order valence-electron chi connectivity index (χ1n) is 7.90. The van der Waals surface area contributed by atoms with Crippen LogP contribution in [0.15, 0.2) is 49.1 Å². The molecule has 2 rings (SSSR count). The molecule has 1 aromatic carbocycles. The SMILES string of the molecule is C=CC(=O)N1CC=C[C@H]1C(=O)N(Cc1ccccc1C)C(C)C. The van der Waals surface area contributed by atoms with Gasteiger partial charge in [0.05, 0.1) is 0 Å². The van der Waals surface area contributed by atoms with Gasteiger partial charge in [0.15, 0.2) is 0 Å². The predicted octanol–water partition coefficient (Wildman–Crippen LogP) is 2.69. The molecular weight excluding hydrogens is 288 g/mol. The van der Waals surface area contributed by atoms with Gasteiger partial charge in [-0.15, -0.1) is 0 Å². The molecule has 1 aromatic rings. The van der Waals surface area contributed by atoms with E-state index in [4.69, 9.17) is 0 Å². The summed E-state index contributed by atoms with van der Waals surface area (Å²) in [6.07, 6.45) is 4.92. The summed E-state index contributed by atoms with van der Waals surface area (Å²) >= 11 is 0. The summed E-state index contributed by atoms with van der Waals surface area (Å²) in [6.45, 7) is 10.5. The number of rotatable bonds is 5. The fourth-order valence-corrected chi connectivity index (χ4v) is 2.74. The molecular formula is C19H24N2O2. The molecule has 1 aliphatic heterocycles. The van der Waals surface area contributed by atoms with Crippen LogP contribution >= 0.6 is 0 Å². The minimum atomic E-state index is -0.535. The van der Waals surface area contributed by atoms with Gasteiger partial charge >= 0.3 is 0 Å². The number of carbonyl (C=O) groups is 2.